The number of nitrogens with zero attached hydrogens (tertiary/aromatic N) is 3. The molecule has 0 amide bonds. The molecule has 244 valence electrons. The number of hydrogen-bond acceptors (Lipinski definition) is 8. The van der Waals surface area contributed by atoms with Gasteiger partial charge in [0.15, 0.2) is 23.0 Å². The second-order valence-corrected chi connectivity index (χ2v) is 11.9. The Balaban J connectivity index is 1.25. The molecule has 8 nitrogen and oxygen atoms in total. The van der Waals surface area contributed by atoms with Crippen LogP contribution in [0.1, 0.15) is 43.7 Å². The lowest BCUT2D eigenvalue weighted by Gasteiger charge is -2.29. The molecule has 2 aromatic heterocycles. The Morgan fingerprint density at radius 2 is 1.85 bits per heavy atom. The van der Waals surface area contributed by atoms with E-state index >= 15 is 4.39 Å². The van der Waals surface area contributed by atoms with E-state index < -0.39 is 23.2 Å². The van der Waals surface area contributed by atoms with Crippen molar-refractivity contribution in [1.29, 1.82) is 0 Å². The molecule has 0 saturated carbocycles. The van der Waals surface area contributed by atoms with Crippen molar-refractivity contribution in [3.05, 3.63) is 77.6 Å². The quantitative estimate of drug-likeness (QED) is 0.146. The molecule has 0 radical (unpaired) electrons. The third kappa shape index (κ3) is 7.56. The second kappa shape index (κ2) is 13.6. The average Bonchev–Trinajstić information content (AvgIpc) is 3.51. The molecule has 46 heavy (non-hydrogen) atoms. The van der Waals surface area contributed by atoms with Crippen LogP contribution in [0.5, 0.6) is 11.5 Å². The summed E-state index contributed by atoms with van der Waals surface area (Å²) in [5.74, 6) is -0.318. The molecule has 0 bridgehead atoms. The summed E-state index contributed by atoms with van der Waals surface area (Å²) in [6.45, 7) is 4.76. The van der Waals surface area contributed by atoms with Crippen molar-refractivity contribution in [3.8, 4) is 22.6 Å². The van der Waals surface area contributed by atoms with E-state index in [0.29, 0.717) is 34.7 Å². The van der Waals surface area contributed by atoms with Crippen molar-refractivity contribution in [2.45, 2.75) is 50.8 Å². The normalized spacial score (nSPS) is 15.1. The number of methoxy groups -OCH3 is 1. The van der Waals surface area contributed by atoms with Gasteiger partial charge in [-0.25, -0.2) is 4.39 Å². The SMILES string of the molecule is COc1cc2ncc(-c3ccc(CC(=O)C=Cc4cc(C(C)(C)C(F)(F)F)on4)c(F)c3)cc2cc1OCCN1CCC(O)CC1. The van der Waals surface area contributed by atoms with Crippen molar-refractivity contribution in [3.63, 3.8) is 0 Å². The minimum Gasteiger partial charge on any atom is -0.493 e. The summed E-state index contributed by atoms with van der Waals surface area (Å²) < 4.78 is 71.3. The topological polar surface area (TPSA) is 97.9 Å². The number of rotatable bonds is 11. The summed E-state index contributed by atoms with van der Waals surface area (Å²) in [5.41, 5.74) is -0.135. The zero-order valence-corrected chi connectivity index (χ0v) is 25.7. The van der Waals surface area contributed by atoms with Crippen molar-refractivity contribution in [2.75, 3.05) is 33.4 Å². The number of fused-ring (bicyclic) bond motifs is 1. The zero-order chi connectivity index (χ0) is 33.1. The molecule has 1 fully saturated rings. The molecule has 0 spiro atoms. The highest BCUT2D eigenvalue weighted by Crippen LogP contribution is 2.40. The van der Waals surface area contributed by atoms with E-state index in [1.807, 2.05) is 12.1 Å². The predicted octanol–water partition coefficient (Wildman–Crippen LogP) is 6.54. The number of carbonyl (C=O) groups excluding carboxylic acids is 1. The van der Waals surface area contributed by atoms with Gasteiger partial charge < -0.3 is 19.1 Å². The number of benzene rings is 2. The van der Waals surface area contributed by atoms with E-state index in [-0.39, 0.29) is 29.5 Å². The number of aliphatic hydroxyl groups is 1. The van der Waals surface area contributed by atoms with Crippen LogP contribution in [0.15, 0.2) is 59.3 Å². The highest BCUT2D eigenvalue weighted by molar-refractivity contribution is 5.95. The Kier molecular flexibility index (Phi) is 9.78. The van der Waals surface area contributed by atoms with Crippen molar-refractivity contribution < 1.29 is 41.5 Å². The number of pyridine rings is 1. The smallest absolute Gasteiger partial charge is 0.401 e. The number of alkyl halides is 3. The highest BCUT2D eigenvalue weighted by atomic mass is 19.4. The standard InChI is InChI=1S/C34H35F4N3O5/c1-33(2,34(36,37)38)32-18-25(40-46-32)6-7-27(43)15-22-5-4-21(16-28(22)35)24-14-23-17-31(30(44-3)19-29(23)39-20-24)45-13-12-41-10-8-26(42)9-11-41/h4-7,14,16-20,26,42H,8-13,15H2,1-3H3. The summed E-state index contributed by atoms with van der Waals surface area (Å²) in [4.78, 5) is 19.3. The van der Waals surface area contributed by atoms with Gasteiger partial charge in [-0.2, -0.15) is 13.2 Å². The minimum atomic E-state index is -4.54. The number of likely N-dealkylation sites (tertiary alicyclic amines) is 1. The summed E-state index contributed by atoms with van der Waals surface area (Å²) in [6, 6.07) is 11.1. The third-order valence-corrected chi connectivity index (χ3v) is 8.23. The van der Waals surface area contributed by atoms with Gasteiger partial charge in [-0.1, -0.05) is 17.3 Å². The summed E-state index contributed by atoms with van der Waals surface area (Å²) in [5, 5.41) is 14.1. The Morgan fingerprint density at radius 3 is 2.54 bits per heavy atom. The molecule has 1 aliphatic heterocycles. The van der Waals surface area contributed by atoms with Crippen LogP contribution in [-0.4, -0.2) is 71.6 Å². The van der Waals surface area contributed by atoms with Crippen molar-refractivity contribution >= 4 is 22.8 Å². The van der Waals surface area contributed by atoms with Gasteiger partial charge in [-0.3, -0.25) is 14.7 Å². The molecule has 12 heteroatoms. The molecular weight excluding hydrogens is 606 g/mol. The van der Waals surface area contributed by atoms with E-state index in [9.17, 15) is 23.1 Å². The van der Waals surface area contributed by atoms with Crippen LogP contribution in [0.3, 0.4) is 0 Å². The fourth-order valence-corrected chi connectivity index (χ4v) is 5.09. The highest BCUT2D eigenvalue weighted by Gasteiger charge is 2.51. The Bertz CT molecular complexity index is 1730. The number of piperidine rings is 1. The second-order valence-electron chi connectivity index (χ2n) is 11.9. The van der Waals surface area contributed by atoms with Crippen molar-refractivity contribution in [1.82, 2.24) is 15.0 Å². The lowest BCUT2D eigenvalue weighted by molar-refractivity contribution is -0.185. The average molecular weight is 642 g/mol. The number of hydrogen-bond donors (Lipinski definition) is 1. The Morgan fingerprint density at radius 1 is 1.09 bits per heavy atom. The number of allylic oxidation sites excluding steroid dienone is 1. The maximum Gasteiger partial charge on any atom is 0.401 e. The van der Waals surface area contributed by atoms with E-state index in [4.69, 9.17) is 14.0 Å². The molecule has 0 unspecified atom stereocenters. The van der Waals surface area contributed by atoms with Crippen LogP contribution >= 0.6 is 0 Å². The minimum absolute atomic E-state index is 0.0502. The van der Waals surface area contributed by atoms with E-state index in [2.05, 4.69) is 15.0 Å². The van der Waals surface area contributed by atoms with Gasteiger partial charge in [0.2, 0.25) is 0 Å². The maximum atomic E-state index is 15.1. The molecule has 4 aromatic rings. The number of carbonyl (C=O) groups is 1. The van der Waals surface area contributed by atoms with Crippen molar-refractivity contribution in [2.24, 2.45) is 0 Å². The van der Waals surface area contributed by atoms with Gasteiger partial charge in [0.05, 0.1) is 18.7 Å². The van der Waals surface area contributed by atoms with Crippen LogP contribution in [0.25, 0.3) is 28.1 Å². The lowest BCUT2D eigenvalue weighted by Crippen LogP contribution is -2.38. The summed E-state index contributed by atoms with van der Waals surface area (Å²) in [7, 11) is 1.56. The van der Waals surface area contributed by atoms with Gasteiger partial charge in [-0.05, 0) is 68.2 Å². The van der Waals surface area contributed by atoms with E-state index in [1.165, 1.54) is 18.2 Å². The van der Waals surface area contributed by atoms with Gasteiger partial charge in [0, 0.05) is 55.3 Å². The summed E-state index contributed by atoms with van der Waals surface area (Å²) in [6.07, 6.45) is 0.472. The molecule has 2 aromatic carbocycles. The van der Waals surface area contributed by atoms with E-state index in [0.717, 1.165) is 63.9 Å². The molecule has 1 aliphatic rings. The van der Waals surface area contributed by atoms with Gasteiger partial charge in [0.1, 0.15) is 23.5 Å². The Hall–Kier alpha value is -4.29. The zero-order valence-electron chi connectivity index (χ0n) is 25.7. The number of halogens is 4. The van der Waals surface area contributed by atoms with Crippen LogP contribution in [0.4, 0.5) is 17.6 Å². The third-order valence-electron chi connectivity index (χ3n) is 8.23. The van der Waals surface area contributed by atoms with Crippen LogP contribution in [0.2, 0.25) is 0 Å². The Labute approximate surface area is 263 Å². The van der Waals surface area contributed by atoms with Gasteiger partial charge in [0.25, 0.3) is 0 Å². The molecule has 5 rings (SSSR count). The number of ketones is 1. The van der Waals surface area contributed by atoms with Crippen LogP contribution in [-0.2, 0) is 16.6 Å². The van der Waals surface area contributed by atoms with E-state index in [1.54, 1.807) is 25.4 Å². The fraction of sp³-hybridized carbons (Fsp3) is 0.382. The van der Waals surface area contributed by atoms with Crippen LogP contribution in [0, 0.1) is 5.82 Å². The maximum absolute atomic E-state index is 15.1. The van der Waals surface area contributed by atoms with Crippen LogP contribution < -0.4 is 9.47 Å². The van der Waals surface area contributed by atoms with Gasteiger partial charge in [-0.15, -0.1) is 0 Å². The molecule has 1 N–H and O–H groups in total. The molecular formula is C34H35F4N3O5. The fourth-order valence-electron chi connectivity index (χ4n) is 5.09. The molecule has 1 saturated heterocycles. The number of aromatic nitrogens is 2. The first kappa shape index (κ1) is 33.1. The predicted molar refractivity (Wildman–Crippen MR) is 164 cm³/mol. The molecule has 0 aliphatic carbocycles. The first-order valence-corrected chi connectivity index (χ1v) is 14.9. The molecule has 3 heterocycles. The first-order chi connectivity index (χ1) is 21.8. The van der Waals surface area contributed by atoms with Gasteiger partial charge >= 0.3 is 6.18 Å². The first-order valence-electron chi connectivity index (χ1n) is 14.9. The summed E-state index contributed by atoms with van der Waals surface area (Å²) >= 11 is 0. The monoisotopic (exact) mass is 641 g/mol. The molecule has 0 atom stereocenters. The largest absolute Gasteiger partial charge is 0.493 e. The number of aliphatic hydroxyl groups excluding tert-OH is 1. The lowest BCUT2D eigenvalue weighted by atomic mass is 9.89. The number of ether oxygens (including phenoxy) is 2.